The van der Waals surface area contributed by atoms with Gasteiger partial charge in [0.1, 0.15) is 0 Å². The van der Waals surface area contributed by atoms with Crippen molar-refractivity contribution in [1.82, 2.24) is 5.32 Å². The van der Waals surface area contributed by atoms with Crippen molar-refractivity contribution in [2.75, 3.05) is 6.61 Å². The van der Waals surface area contributed by atoms with E-state index in [1.54, 1.807) is 0 Å². The summed E-state index contributed by atoms with van der Waals surface area (Å²) in [5.41, 5.74) is 2.60. The fourth-order valence-electron chi connectivity index (χ4n) is 2.77. The molecule has 1 aromatic rings. The topological polar surface area (TPSA) is 49.3 Å². The summed E-state index contributed by atoms with van der Waals surface area (Å²) < 4.78 is 0. The van der Waals surface area contributed by atoms with Gasteiger partial charge in [-0.05, 0) is 49.4 Å². The van der Waals surface area contributed by atoms with Crippen LogP contribution in [0.25, 0.3) is 0 Å². The smallest absolute Gasteiger partial charge is 0.251 e. The summed E-state index contributed by atoms with van der Waals surface area (Å²) in [6, 6.07) is 5.90. The van der Waals surface area contributed by atoms with Gasteiger partial charge >= 0.3 is 0 Å². The average Bonchev–Trinajstić information content (AvgIpc) is 2.86. The molecule has 0 saturated heterocycles. The van der Waals surface area contributed by atoms with Crippen LogP contribution in [0, 0.1) is 24.7 Å². The summed E-state index contributed by atoms with van der Waals surface area (Å²) in [5.74, 6) is 6.50. The first-order valence-electron chi connectivity index (χ1n) is 7.63. The van der Waals surface area contributed by atoms with E-state index in [0.717, 1.165) is 17.5 Å². The summed E-state index contributed by atoms with van der Waals surface area (Å²) in [5, 5.41) is 11.9. The Morgan fingerprint density at radius 2 is 2.24 bits per heavy atom. The Labute approximate surface area is 126 Å². The van der Waals surface area contributed by atoms with E-state index in [0.29, 0.717) is 23.9 Å². The summed E-state index contributed by atoms with van der Waals surface area (Å²) in [6.45, 7) is 4.23. The van der Waals surface area contributed by atoms with Gasteiger partial charge in [-0.3, -0.25) is 4.79 Å². The molecule has 1 aliphatic rings. The molecule has 3 heteroatoms. The lowest BCUT2D eigenvalue weighted by Crippen LogP contribution is -2.36. The number of carbonyl (C=O) groups excluding carboxylic acids is 1. The van der Waals surface area contributed by atoms with Crippen molar-refractivity contribution in [1.29, 1.82) is 0 Å². The average molecular weight is 285 g/mol. The number of aliphatic hydroxyl groups excluding tert-OH is 1. The molecular formula is C18H23NO2. The minimum atomic E-state index is 0.00622. The van der Waals surface area contributed by atoms with E-state index in [2.05, 4.69) is 24.1 Å². The molecule has 2 unspecified atom stereocenters. The summed E-state index contributed by atoms with van der Waals surface area (Å²) in [4.78, 5) is 12.3. The maximum atomic E-state index is 12.3. The normalized spacial score (nSPS) is 20.7. The molecule has 0 heterocycles. The van der Waals surface area contributed by atoms with Crippen LogP contribution in [0.1, 0.15) is 54.1 Å². The minimum Gasteiger partial charge on any atom is -0.395 e. The maximum absolute atomic E-state index is 12.3. The SMILES string of the molecule is Cc1cc(C(=O)NC2CCCC2C)ccc1C#CCCO. The molecule has 2 N–H and O–H groups in total. The second-order valence-corrected chi connectivity index (χ2v) is 5.79. The summed E-state index contributed by atoms with van der Waals surface area (Å²) in [7, 11) is 0. The van der Waals surface area contributed by atoms with Gasteiger partial charge in [0.15, 0.2) is 0 Å². The third kappa shape index (κ3) is 4.09. The number of aliphatic hydroxyl groups is 1. The predicted molar refractivity (Wildman–Crippen MR) is 84.0 cm³/mol. The van der Waals surface area contributed by atoms with Crippen molar-refractivity contribution >= 4 is 5.91 Å². The standard InChI is InChI=1S/C18H23NO2/c1-13-6-5-8-17(13)19-18(21)16-10-9-15(14(2)12-16)7-3-4-11-20/h9-10,12-13,17,20H,4-6,8,11H2,1-2H3,(H,19,21). The third-order valence-corrected chi connectivity index (χ3v) is 4.13. The second kappa shape index (κ2) is 7.28. The van der Waals surface area contributed by atoms with Crippen LogP contribution in [-0.2, 0) is 0 Å². The fourth-order valence-corrected chi connectivity index (χ4v) is 2.77. The first-order valence-corrected chi connectivity index (χ1v) is 7.63. The number of hydrogen-bond donors (Lipinski definition) is 2. The molecule has 112 valence electrons. The number of aryl methyl sites for hydroxylation is 1. The highest BCUT2D eigenvalue weighted by Crippen LogP contribution is 2.25. The molecule has 1 aromatic carbocycles. The number of carbonyl (C=O) groups is 1. The molecule has 1 saturated carbocycles. The van der Waals surface area contributed by atoms with Gasteiger partial charge in [0.25, 0.3) is 5.91 Å². The van der Waals surface area contributed by atoms with E-state index in [-0.39, 0.29) is 12.5 Å². The number of amides is 1. The quantitative estimate of drug-likeness (QED) is 0.839. The zero-order chi connectivity index (χ0) is 15.2. The van der Waals surface area contributed by atoms with Crippen molar-refractivity contribution in [3.05, 3.63) is 34.9 Å². The molecule has 0 aliphatic heterocycles. The number of benzene rings is 1. The Hall–Kier alpha value is -1.79. The molecule has 0 spiro atoms. The van der Waals surface area contributed by atoms with Crippen molar-refractivity contribution in [2.24, 2.45) is 5.92 Å². The summed E-state index contributed by atoms with van der Waals surface area (Å²) >= 11 is 0. The zero-order valence-electron chi connectivity index (χ0n) is 12.8. The van der Waals surface area contributed by atoms with Gasteiger partial charge in [0, 0.05) is 23.6 Å². The van der Waals surface area contributed by atoms with Crippen LogP contribution in [0.4, 0.5) is 0 Å². The van der Waals surface area contributed by atoms with Crippen LogP contribution in [-0.4, -0.2) is 23.7 Å². The molecule has 0 bridgehead atoms. The predicted octanol–water partition coefficient (Wildman–Crippen LogP) is 2.65. The van der Waals surface area contributed by atoms with Gasteiger partial charge in [-0.25, -0.2) is 0 Å². The highest BCUT2D eigenvalue weighted by Gasteiger charge is 2.25. The Balaban J connectivity index is 2.05. The van der Waals surface area contributed by atoms with Crippen LogP contribution in [0.2, 0.25) is 0 Å². The van der Waals surface area contributed by atoms with Crippen molar-refractivity contribution in [3.63, 3.8) is 0 Å². The van der Waals surface area contributed by atoms with Crippen LogP contribution in [0.15, 0.2) is 18.2 Å². The highest BCUT2D eigenvalue weighted by molar-refractivity contribution is 5.94. The molecule has 1 aliphatic carbocycles. The first-order chi connectivity index (χ1) is 10.1. The molecule has 1 amide bonds. The lowest BCUT2D eigenvalue weighted by atomic mass is 10.0. The minimum absolute atomic E-state index is 0.00622. The van der Waals surface area contributed by atoms with Crippen LogP contribution in [0.5, 0.6) is 0 Å². The number of nitrogens with one attached hydrogen (secondary N) is 1. The first kappa shape index (κ1) is 15.6. The van der Waals surface area contributed by atoms with Gasteiger partial charge in [0.2, 0.25) is 0 Å². The highest BCUT2D eigenvalue weighted by atomic mass is 16.2. The monoisotopic (exact) mass is 285 g/mol. The van der Waals surface area contributed by atoms with E-state index in [1.807, 2.05) is 25.1 Å². The largest absolute Gasteiger partial charge is 0.395 e. The maximum Gasteiger partial charge on any atom is 0.251 e. The number of rotatable bonds is 3. The van der Waals surface area contributed by atoms with E-state index < -0.39 is 0 Å². The molecule has 2 rings (SSSR count). The van der Waals surface area contributed by atoms with Crippen LogP contribution < -0.4 is 5.32 Å². The molecule has 0 radical (unpaired) electrons. The Morgan fingerprint density at radius 3 is 2.86 bits per heavy atom. The van der Waals surface area contributed by atoms with Crippen molar-refractivity contribution in [3.8, 4) is 11.8 Å². The van der Waals surface area contributed by atoms with Gasteiger partial charge in [-0.15, -0.1) is 0 Å². The molecule has 1 fully saturated rings. The third-order valence-electron chi connectivity index (χ3n) is 4.13. The van der Waals surface area contributed by atoms with Gasteiger partial charge in [-0.2, -0.15) is 0 Å². The van der Waals surface area contributed by atoms with E-state index in [9.17, 15) is 4.79 Å². The molecular weight excluding hydrogens is 262 g/mol. The molecule has 0 aromatic heterocycles. The molecule has 3 nitrogen and oxygen atoms in total. The Bertz CT molecular complexity index is 568. The van der Waals surface area contributed by atoms with Gasteiger partial charge in [-0.1, -0.05) is 25.2 Å². The number of hydrogen-bond acceptors (Lipinski definition) is 2. The van der Waals surface area contributed by atoms with Gasteiger partial charge < -0.3 is 10.4 Å². The van der Waals surface area contributed by atoms with E-state index in [4.69, 9.17) is 5.11 Å². The van der Waals surface area contributed by atoms with E-state index in [1.165, 1.54) is 12.8 Å². The fraction of sp³-hybridized carbons (Fsp3) is 0.500. The van der Waals surface area contributed by atoms with Crippen LogP contribution in [0.3, 0.4) is 0 Å². The Morgan fingerprint density at radius 1 is 1.43 bits per heavy atom. The zero-order valence-corrected chi connectivity index (χ0v) is 12.8. The second-order valence-electron chi connectivity index (χ2n) is 5.79. The van der Waals surface area contributed by atoms with Crippen LogP contribution >= 0.6 is 0 Å². The van der Waals surface area contributed by atoms with Crippen molar-refractivity contribution < 1.29 is 9.90 Å². The Kier molecular flexibility index (Phi) is 5.41. The van der Waals surface area contributed by atoms with Gasteiger partial charge in [0.05, 0.1) is 6.61 Å². The molecule has 21 heavy (non-hydrogen) atoms. The lowest BCUT2D eigenvalue weighted by Gasteiger charge is -2.17. The lowest BCUT2D eigenvalue weighted by molar-refractivity contribution is 0.0929. The molecule has 2 atom stereocenters. The van der Waals surface area contributed by atoms with Crippen molar-refractivity contribution in [2.45, 2.75) is 45.6 Å². The van der Waals surface area contributed by atoms with E-state index >= 15 is 0 Å². The summed E-state index contributed by atoms with van der Waals surface area (Å²) in [6.07, 6.45) is 3.95.